The van der Waals surface area contributed by atoms with Crippen molar-refractivity contribution in [3.63, 3.8) is 0 Å². The molecule has 0 unspecified atom stereocenters. The first-order chi connectivity index (χ1) is 9.90. The SMILES string of the molecule is CN(C)CCNC(=O)CCc1ccc(C(=O)N(C)C)cc1. The first kappa shape index (κ1) is 17.2. The molecule has 1 aromatic carbocycles. The van der Waals surface area contributed by atoms with Crippen molar-refractivity contribution in [3.05, 3.63) is 35.4 Å². The van der Waals surface area contributed by atoms with E-state index in [0.29, 0.717) is 24.9 Å². The maximum atomic E-state index is 11.8. The van der Waals surface area contributed by atoms with Crippen LogP contribution in [0.15, 0.2) is 24.3 Å². The highest BCUT2D eigenvalue weighted by Gasteiger charge is 2.07. The van der Waals surface area contributed by atoms with E-state index in [4.69, 9.17) is 0 Å². The number of rotatable bonds is 7. The van der Waals surface area contributed by atoms with Gasteiger partial charge in [0.05, 0.1) is 0 Å². The van der Waals surface area contributed by atoms with Gasteiger partial charge in [0.25, 0.3) is 5.91 Å². The third kappa shape index (κ3) is 6.40. The minimum Gasteiger partial charge on any atom is -0.355 e. The molecule has 0 heterocycles. The van der Waals surface area contributed by atoms with E-state index in [1.807, 2.05) is 43.3 Å². The van der Waals surface area contributed by atoms with Gasteiger partial charge >= 0.3 is 0 Å². The van der Waals surface area contributed by atoms with Gasteiger partial charge in [-0.2, -0.15) is 0 Å². The van der Waals surface area contributed by atoms with Crippen LogP contribution in [0.25, 0.3) is 0 Å². The van der Waals surface area contributed by atoms with E-state index >= 15 is 0 Å². The standard InChI is InChI=1S/C16H25N3O2/c1-18(2)12-11-17-15(20)10-7-13-5-8-14(9-6-13)16(21)19(3)4/h5-6,8-9H,7,10-12H2,1-4H3,(H,17,20). The second-order valence-corrected chi connectivity index (χ2v) is 5.55. The fraction of sp³-hybridized carbons (Fsp3) is 0.500. The molecule has 5 nitrogen and oxygen atoms in total. The van der Waals surface area contributed by atoms with Crippen LogP contribution in [0.2, 0.25) is 0 Å². The lowest BCUT2D eigenvalue weighted by molar-refractivity contribution is -0.121. The largest absolute Gasteiger partial charge is 0.355 e. The van der Waals surface area contributed by atoms with E-state index in [2.05, 4.69) is 5.32 Å². The van der Waals surface area contributed by atoms with Crippen LogP contribution >= 0.6 is 0 Å². The molecule has 5 heteroatoms. The molecule has 1 N–H and O–H groups in total. The van der Waals surface area contributed by atoms with Gasteiger partial charge in [0.1, 0.15) is 0 Å². The Hall–Kier alpha value is -1.88. The maximum absolute atomic E-state index is 11.8. The van der Waals surface area contributed by atoms with E-state index < -0.39 is 0 Å². The van der Waals surface area contributed by atoms with E-state index in [9.17, 15) is 9.59 Å². The smallest absolute Gasteiger partial charge is 0.253 e. The molecule has 0 atom stereocenters. The Labute approximate surface area is 126 Å². The van der Waals surface area contributed by atoms with E-state index in [1.165, 1.54) is 0 Å². The van der Waals surface area contributed by atoms with Crippen LogP contribution in [-0.4, -0.2) is 62.9 Å². The van der Waals surface area contributed by atoms with Gasteiger partial charge in [-0.15, -0.1) is 0 Å². The average Bonchev–Trinajstić information content (AvgIpc) is 2.44. The third-order valence-corrected chi connectivity index (χ3v) is 3.13. The Bertz CT molecular complexity index is 467. The first-order valence-corrected chi connectivity index (χ1v) is 7.12. The van der Waals surface area contributed by atoms with Gasteiger partial charge in [0.15, 0.2) is 0 Å². The summed E-state index contributed by atoms with van der Waals surface area (Å²) in [7, 11) is 7.41. The molecular weight excluding hydrogens is 266 g/mol. The van der Waals surface area contributed by atoms with Crippen molar-refractivity contribution in [2.45, 2.75) is 12.8 Å². The predicted octanol–water partition coefficient (Wildman–Crippen LogP) is 0.999. The number of nitrogens with one attached hydrogen (secondary N) is 1. The number of hydrogen-bond donors (Lipinski definition) is 1. The lowest BCUT2D eigenvalue weighted by atomic mass is 10.1. The maximum Gasteiger partial charge on any atom is 0.253 e. The van der Waals surface area contributed by atoms with Gasteiger partial charge in [0, 0.05) is 39.2 Å². The van der Waals surface area contributed by atoms with Crippen molar-refractivity contribution < 1.29 is 9.59 Å². The summed E-state index contributed by atoms with van der Waals surface area (Å²) in [4.78, 5) is 27.0. The fourth-order valence-electron chi connectivity index (χ4n) is 1.84. The predicted molar refractivity (Wildman–Crippen MR) is 84.3 cm³/mol. The number of likely N-dealkylation sites (N-methyl/N-ethyl adjacent to an activating group) is 1. The zero-order valence-corrected chi connectivity index (χ0v) is 13.3. The minimum absolute atomic E-state index is 0.0111. The molecule has 21 heavy (non-hydrogen) atoms. The zero-order chi connectivity index (χ0) is 15.8. The van der Waals surface area contributed by atoms with Crippen molar-refractivity contribution in [1.29, 1.82) is 0 Å². The Morgan fingerprint density at radius 3 is 2.19 bits per heavy atom. The van der Waals surface area contributed by atoms with Crippen LogP contribution in [0, 0.1) is 0 Å². The molecule has 0 aliphatic carbocycles. The zero-order valence-electron chi connectivity index (χ0n) is 13.3. The minimum atomic E-state index is -0.0111. The van der Waals surface area contributed by atoms with Crippen molar-refractivity contribution >= 4 is 11.8 Å². The second kappa shape index (κ2) is 8.42. The summed E-state index contributed by atoms with van der Waals surface area (Å²) < 4.78 is 0. The average molecular weight is 291 g/mol. The van der Waals surface area contributed by atoms with Crippen molar-refractivity contribution in [1.82, 2.24) is 15.1 Å². The number of nitrogens with zero attached hydrogens (tertiary/aromatic N) is 2. The molecule has 0 aliphatic heterocycles. The van der Waals surface area contributed by atoms with Crippen LogP contribution in [0.5, 0.6) is 0 Å². The molecular formula is C16H25N3O2. The highest BCUT2D eigenvalue weighted by molar-refractivity contribution is 5.93. The number of carbonyl (C=O) groups is 2. The molecule has 0 radical (unpaired) electrons. The Kier molecular flexibility index (Phi) is 6.88. The molecule has 1 rings (SSSR count). The van der Waals surface area contributed by atoms with Gasteiger partial charge in [-0.3, -0.25) is 9.59 Å². The summed E-state index contributed by atoms with van der Waals surface area (Å²) in [6, 6.07) is 7.43. The lowest BCUT2D eigenvalue weighted by Gasteiger charge is -2.11. The van der Waals surface area contributed by atoms with E-state index in [1.54, 1.807) is 19.0 Å². The number of hydrogen-bond acceptors (Lipinski definition) is 3. The molecule has 1 aromatic rings. The molecule has 0 saturated carbocycles. The normalized spacial score (nSPS) is 10.5. The summed E-state index contributed by atoms with van der Waals surface area (Å²) in [5, 5.41) is 2.89. The Morgan fingerprint density at radius 1 is 1.05 bits per heavy atom. The quantitative estimate of drug-likeness (QED) is 0.815. The molecule has 0 aromatic heterocycles. The summed E-state index contributed by atoms with van der Waals surface area (Å²) in [6.07, 6.45) is 1.15. The van der Waals surface area contributed by atoms with Gasteiger partial charge < -0.3 is 15.1 Å². The van der Waals surface area contributed by atoms with Crippen LogP contribution in [0.1, 0.15) is 22.3 Å². The molecule has 0 bridgehead atoms. The highest BCUT2D eigenvalue weighted by Crippen LogP contribution is 2.08. The van der Waals surface area contributed by atoms with Crippen molar-refractivity contribution in [3.8, 4) is 0 Å². The van der Waals surface area contributed by atoms with E-state index in [-0.39, 0.29) is 11.8 Å². The summed E-state index contributed by atoms with van der Waals surface area (Å²) in [5.74, 6) is 0.0493. The Morgan fingerprint density at radius 2 is 1.67 bits per heavy atom. The fourth-order valence-corrected chi connectivity index (χ4v) is 1.84. The second-order valence-electron chi connectivity index (χ2n) is 5.55. The first-order valence-electron chi connectivity index (χ1n) is 7.12. The molecule has 0 spiro atoms. The van der Waals surface area contributed by atoms with Crippen LogP contribution in [-0.2, 0) is 11.2 Å². The van der Waals surface area contributed by atoms with Crippen LogP contribution < -0.4 is 5.32 Å². The molecule has 2 amide bonds. The number of aryl methyl sites for hydroxylation is 1. The van der Waals surface area contributed by atoms with Crippen molar-refractivity contribution in [2.75, 3.05) is 41.3 Å². The molecule has 0 fully saturated rings. The summed E-state index contributed by atoms with van der Waals surface area (Å²) >= 11 is 0. The highest BCUT2D eigenvalue weighted by atomic mass is 16.2. The summed E-state index contributed by atoms with van der Waals surface area (Å²) in [6.45, 7) is 1.51. The van der Waals surface area contributed by atoms with Gasteiger partial charge in [-0.1, -0.05) is 12.1 Å². The molecule has 0 aliphatic rings. The monoisotopic (exact) mass is 291 g/mol. The number of carbonyl (C=O) groups excluding carboxylic acids is 2. The number of amides is 2. The lowest BCUT2D eigenvalue weighted by Crippen LogP contribution is -2.31. The van der Waals surface area contributed by atoms with Gasteiger partial charge in [0.2, 0.25) is 5.91 Å². The number of benzene rings is 1. The Balaban J connectivity index is 2.39. The van der Waals surface area contributed by atoms with Crippen LogP contribution in [0.4, 0.5) is 0 Å². The van der Waals surface area contributed by atoms with Gasteiger partial charge in [-0.25, -0.2) is 0 Å². The molecule has 116 valence electrons. The van der Waals surface area contributed by atoms with Gasteiger partial charge in [-0.05, 0) is 38.2 Å². The van der Waals surface area contributed by atoms with E-state index in [0.717, 1.165) is 12.1 Å². The summed E-state index contributed by atoms with van der Waals surface area (Å²) in [5.41, 5.74) is 1.73. The van der Waals surface area contributed by atoms with Crippen molar-refractivity contribution in [2.24, 2.45) is 0 Å². The third-order valence-electron chi connectivity index (χ3n) is 3.13. The topological polar surface area (TPSA) is 52.7 Å². The molecule has 0 saturated heterocycles. The van der Waals surface area contributed by atoms with Crippen LogP contribution in [0.3, 0.4) is 0 Å².